The minimum absolute atomic E-state index is 0.0700. The lowest BCUT2D eigenvalue weighted by Crippen LogP contribution is -2.17. The number of benzene rings is 1. The molecule has 0 spiro atoms. The van der Waals surface area contributed by atoms with Gasteiger partial charge < -0.3 is 14.5 Å². The summed E-state index contributed by atoms with van der Waals surface area (Å²) in [5, 5.41) is 4.35. The average Bonchev–Trinajstić information content (AvgIpc) is 2.90. The fourth-order valence-electron chi connectivity index (χ4n) is 1.97. The van der Waals surface area contributed by atoms with Crippen LogP contribution >= 0.6 is 23.2 Å². The van der Waals surface area contributed by atoms with Crippen molar-refractivity contribution in [2.75, 3.05) is 13.7 Å². The normalized spacial score (nSPS) is 12.4. The van der Waals surface area contributed by atoms with Crippen LogP contribution in [0.15, 0.2) is 35.1 Å². The van der Waals surface area contributed by atoms with Gasteiger partial charge in [0.05, 0.1) is 30.2 Å². The lowest BCUT2D eigenvalue weighted by molar-refractivity contribution is 0.340. The van der Waals surface area contributed by atoms with Crippen LogP contribution in [0.4, 0.5) is 0 Å². The zero-order valence-electron chi connectivity index (χ0n) is 10.7. The summed E-state index contributed by atoms with van der Waals surface area (Å²) >= 11 is 12.5. The van der Waals surface area contributed by atoms with E-state index in [2.05, 4.69) is 5.32 Å². The number of nitrogens with one attached hydrogen (secondary N) is 1. The van der Waals surface area contributed by atoms with Crippen LogP contribution in [0.3, 0.4) is 0 Å². The fraction of sp³-hybridized carbons (Fsp3) is 0.286. The molecule has 1 heterocycles. The summed E-state index contributed by atoms with van der Waals surface area (Å²) in [6.45, 7) is 2.45. The van der Waals surface area contributed by atoms with Gasteiger partial charge in [-0.05, 0) is 31.7 Å². The Morgan fingerprint density at radius 2 is 2.11 bits per heavy atom. The van der Waals surface area contributed by atoms with Gasteiger partial charge in [-0.25, -0.2) is 0 Å². The predicted octanol–water partition coefficient (Wildman–Crippen LogP) is 4.29. The minimum atomic E-state index is -0.0700. The summed E-state index contributed by atoms with van der Waals surface area (Å²) in [7, 11) is 1.86. The van der Waals surface area contributed by atoms with Gasteiger partial charge in [-0.2, -0.15) is 0 Å². The van der Waals surface area contributed by atoms with Crippen molar-refractivity contribution in [1.82, 2.24) is 5.32 Å². The van der Waals surface area contributed by atoms with Gasteiger partial charge in [0.1, 0.15) is 5.75 Å². The molecule has 2 aromatic rings. The van der Waals surface area contributed by atoms with Crippen molar-refractivity contribution in [3.8, 4) is 5.75 Å². The zero-order valence-corrected chi connectivity index (χ0v) is 12.3. The first kappa shape index (κ1) is 14.3. The summed E-state index contributed by atoms with van der Waals surface area (Å²) in [5.74, 6) is 0.597. The summed E-state index contributed by atoms with van der Waals surface area (Å²) in [4.78, 5) is 0. The van der Waals surface area contributed by atoms with Crippen molar-refractivity contribution in [2.45, 2.75) is 13.0 Å². The van der Waals surface area contributed by atoms with Crippen molar-refractivity contribution >= 4 is 23.2 Å². The molecule has 0 saturated carbocycles. The highest BCUT2D eigenvalue weighted by Crippen LogP contribution is 2.36. The van der Waals surface area contributed by atoms with Gasteiger partial charge >= 0.3 is 0 Å². The first-order valence-corrected chi connectivity index (χ1v) is 6.74. The van der Waals surface area contributed by atoms with Gasteiger partial charge in [-0.3, -0.25) is 0 Å². The van der Waals surface area contributed by atoms with Crippen molar-refractivity contribution in [1.29, 1.82) is 0 Å². The molecule has 102 valence electrons. The minimum Gasteiger partial charge on any atom is -0.492 e. The van der Waals surface area contributed by atoms with Crippen LogP contribution in [0.1, 0.15) is 24.1 Å². The number of halogens is 2. The first-order valence-electron chi connectivity index (χ1n) is 5.98. The Kier molecular flexibility index (Phi) is 4.75. The molecule has 5 heteroatoms. The molecular formula is C14H15Cl2NO2. The van der Waals surface area contributed by atoms with Crippen LogP contribution in [0, 0.1) is 0 Å². The molecule has 3 nitrogen and oxygen atoms in total. The Morgan fingerprint density at radius 3 is 2.68 bits per heavy atom. The topological polar surface area (TPSA) is 34.4 Å². The van der Waals surface area contributed by atoms with Crippen molar-refractivity contribution in [3.63, 3.8) is 0 Å². The highest BCUT2D eigenvalue weighted by Gasteiger charge is 2.18. The maximum atomic E-state index is 6.32. The molecule has 0 aliphatic carbocycles. The summed E-state index contributed by atoms with van der Waals surface area (Å²) in [6, 6.07) is 5.39. The van der Waals surface area contributed by atoms with Crippen LogP contribution in [0.5, 0.6) is 5.75 Å². The van der Waals surface area contributed by atoms with Crippen LogP contribution in [-0.2, 0) is 0 Å². The molecule has 1 aromatic carbocycles. The third kappa shape index (κ3) is 3.06. The van der Waals surface area contributed by atoms with E-state index in [1.165, 1.54) is 0 Å². The number of hydrogen-bond donors (Lipinski definition) is 1. The van der Waals surface area contributed by atoms with E-state index in [1.54, 1.807) is 18.6 Å². The van der Waals surface area contributed by atoms with Gasteiger partial charge in [-0.1, -0.05) is 23.2 Å². The Hall–Kier alpha value is -1.16. The molecule has 1 aromatic heterocycles. The number of furan rings is 1. The second-order valence-corrected chi connectivity index (χ2v) is 4.83. The monoisotopic (exact) mass is 299 g/mol. The van der Waals surface area contributed by atoms with Crippen LogP contribution in [0.25, 0.3) is 0 Å². The molecule has 1 unspecified atom stereocenters. The zero-order chi connectivity index (χ0) is 13.8. The van der Waals surface area contributed by atoms with Crippen LogP contribution in [0.2, 0.25) is 10.0 Å². The smallest absolute Gasteiger partial charge is 0.139 e. The third-order valence-electron chi connectivity index (χ3n) is 2.83. The molecule has 0 radical (unpaired) electrons. The highest BCUT2D eigenvalue weighted by molar-refractivity contribution is 6.34. The van der Waals surface area contributed by atoms with Crippen LogP contribution < -0.4 is 10.1 Å². The molecular weight excluding hydrogens is 285 g/mol. The van der Waals surface area contributed by atoms with E-state index in [1.807, 2.05) is 26.1 Å². The maximum absolute atomic E-state index is 6.32. The van der Waals surface area contributed by atoms with E-state index in [0.717, 1.165) is 11.1 Å². The number of ether oxygens (including phenoxy) is 1. The Labute approximate surface area is 122 Å². The largest absolute Gasteiger partial charge is 0.492 e. The van der Waals surface area contributed by atoms with E-state index in [-0.39, 0.29) is 6.04 Å². The van der Waals surface area contributed by atoms with Crippen molar-refractivity contribution in [3.05, 3.63) is 51.9 Å². The molecule has 0 fully saturated rings. The quantitative estimate of drug-likeness (QED) is 0.894. The molecule has 0 saturated heterocycles. The predicted molar refractivity (Wildman–Crippen MR) is 77.2 cm³/mol. The van der Waals surface area contributed by atoms with Crippen LogP contribution in [-0.4, -0.2) is 13.7 Å². The summed E-state index contributed by atoms with van der Waals surface area (Å²) in [5.41, 5.74) is 1.88. The lowest BCUT2D eigenvalue weighted by atomic mass is 10.0. The Balaban J connectivity index is 2.41. The standard InChI is InChI=1S/C14H15Cl2NO2/c1-3-19-13-7-11(15)10(6-12(13)16)14(17-2)9-4-5-18-8-9/h4-8,14,17H,3H2,1-2H3. The molecule has 2 rings (SSSR count). The molecule has 0 amide bonds. The van der Waals surface area contributed by atoms with E-state index >= 15 is 0 Å². The first-order chi connectivity index (χ1) is 9.17. The van der Waals surface area contributed by atoms with Gasteiger partial charge in [0.25, 0.3) is 0 Å². The Morgan fingerprint density at radius 1 is 1.32 bits per heavy atom. The second kappa shape index (κ2) is 6.33. The van der Waals surface area contributed by atoms with E-state index in [4.69, 9.17) is 32.4 Å². The summed E-state index contributed by atoms with van der Waals surface area (Å²) < 4.78 is 10.5. The van der Waals surface area contributed by atoms with E-state index < -0.39 is 0 Å². The van der Waals surface area contributed by atoms with Gasteiger partial charge in [0.2, 0.25) is 0 Å². The van der Waals surface area contributed by atoms with E-state index in [0.29, 0.717) is 22.4 Å². The summed E-state index contributed by atoms with van der Waals surface area (Å²) in [6.07, 6.45) is 3.31. The van der Waals surface area contributed by atoms with Gasteiger partial charge in [0.15, 0.2) is 0 Å². The second-order valence-electron chi connectivity index (χ2n) is 4.02. The maximum Gasteiger partial charge on any atom is 0.139 e. The molecule has 0 aliphatic rings. The third-order valence-corrected chi connectivity index (χ3v) is 3.45. The Bertz CT molecular complexity index is 541. The molecule has 19 heavy (non-hydrogen) atoms. The van der Waals surface area contributed by atoms with Gasteiger partial charge in [-0.15, -0.1) is 0 Å². The molecule has 0 bridgehead atoms. The lowest BCUT2D eigenvalue weighted by Gasteiger charge is -2.18. The number of hydrogen-bond acceptors (Lipinski definition) is 3. The number of rotatable bonds is 5. The highest BCUT2D eigenvalue weighted by atomic mass is 35.5. The molecule has 0 aliphatic heterocycles. The van der Waals surface area contributed by atoms with Crippen molar-refractivity contribution in [2.24, 2.45) is 0 Å². The SMILES string of the molecule is CCOc1cc(Cl)c(C(NC)c2ccoc2)cc1Cl. The molecule has 1 atom stereocenters. The van der Waals surface area contributed by atoms with Gasteiger partial charge in [0, 0.05) is 16.7 Å². The van der Waals surface area contributed by atoms with Crippen molar-refractivity contribution < 1.29 is 9.15 Å². The fourth-order valence-corrected chi connectivity index (χ4v) is 2.46. The average molecular weight is 300 g/mol. The van der Waals surface area contributed by atoms with E-state index in [9.17, 15) is 0 Å². The molecule has 1 N–H and O–H groups in total.